The molecule has 34 heavy (non-hydrogen) atoms. The van der Waals surface area contributed by atoms with E-state index in [4.69, 9.17) is 0 Å². The molecule has 0 spiro atoms. The number of azo groups is 1. The number of phenols is 1. The standard InChI is InChI=1S/C23H18N4O6S/c1-14-12-19(23(28)20(13-14)27(29)30)26-25-17-10-11-18(24-15-6-3-2-4-7-15)22-16(17)8-5-9-21(22)34(31,32)33/h2-13,24,28H,1H3,(H,31,32,33). The lowest BCUT2D eigenvalue weighted by atomic mass is 10.1. The summed E-state index contributed by atoms with van der Waals surface area (Å²) in [6.45, 7) is 1.61. The number of nitro benzene ring substituents is 1. The van der Waals surface area contributed by atoms with Gasteiger partial charge < -0.3 is 10.4 Å². The highest BCUT2D eigenvalue weighted by Crippen LogP contribution is 2.41. The monoisotopic (exact) mass is 478 g/mol. The highest BCUT2D eigenvalue weighted by atomic mass is 32.2. The zero-order valence-corrected chi connectivity index (χ0v) is 18.5. The Balaban J connectivity index is 1.89. The molecule has 0 aromatic heterocycles. The van der Waals surface area contributed by atoms with Crippen LogP contribution in [0.4, 0.5) is 28.4 Å². The van der Waals surface area contributed by atoms with E-state index in [2.05, 4.69) is 15.5 Å². The van der Waals surface area contributed by atoms with Crippen molar-refractivity contribution in [1.82, 2.24) is 0 Å². The minimum atomic E-state index is -4.58. The van der Waals surface area contributed by atoms with Crippen LogP contribution in [-0.4, -0.2) is 23.0 Å². The number of nitrogens with one attached hydrogen (secondary N) is 1. The molecule has 0 heterocycles. The van der Waals surface area contributed by atoms with E-state index in [0.717, 1.165) is 0 Å². The molecule has 0 aliphatic carbocycles. The molecule has 4 aromatic rings. The van der Waals surface area contributed by atoms with Gasteiger partial charge in [-0.1, -0.05) is 30.3 Å². The Bertz CT molecular complexity index is 1550. The van der Waals surface area contributed by atoms with Crippen LogP contribution in [0.25, 0.3) is 10.8 Å². The molecule has 0 fully saturated rings. The first-order valence-corrected chi connectivity index (χ1v) is 11.3. The minimum absolute atomic E-state index is 0.114. The Hall–Kier alpha value is -4.35. The van der Waals surface area contributed by atoms with Crippen LogP contribution in [0, 0.1) is 17.0 Å². The summed E-state index contributed by atoms with van der Waals surface area (Å²) in [5, 5.41) is 33.2. The van der Waals surface area contributed by atoms with Crippen LogP contribution in [0.15, 0.2) is 87.9 Å². The number of rotatable bonds is 6. The summed E-state index contributed by atoms with van der Waals surface area (Å²) in [7, 11) is -4.58. The Labute approximate surface area is 194 Å². The highest BCUT2D eigenvalue weighted by Gasteiger charge is 2.20. The average molecular weight is 478 g/mol. The third kappa shape index (κ3) is 4.56. The average Bonchev–Trinajstić information content (AvgIpc) is 2.79. The molecular weight excluding hydrogens is 460 g/mol. The molecule has 4 rings (SSSR count). The van der Waals surface area contributed by atoms with Crippen LogP contribution < -0.4 is 5.32 Å². The number of aryl methyl sites for hydroxylation is 1. The van der Waals surface area contributed by atoms with E-state index < -0.39 is 26.5 Å². The number of fused-ring (bicyclic) bond motifs is 1. The highest BCUT2D eigenvalue weighted by molar-refractivity contribution is 7.86. The van der Waals surface area contributed by atoms with Crippen LogP contribution in [0.2, 0.25) is 0 Å². The molecule has 0 saturated heterocycles. The molecule has 0 bridgehead atoms. The first kappa shape index (κ1) is 22.8. The van der Waals surface area contributed by atoms with E-state index >= 15 is 0 Å². The van der Waals surface area contributed by atoms with Gasteiger partial charge in [-0.25, -0.2) is 0 Å². The third-order valence-electron chi connectivity index (χ3n) is 4.99. The Morgan fingerprint density at radius 2 is 1.65 bits per heavy atom. The maximum absolute atomic E-state index is 12.1. The van der Waals surface area contributed by atoms with Crippen LogP contribution in [0.1, 0.15) is 5.56 Å². The van der Waals surface area contributed by atoms with Gasteiger partial charge in [0.25, 0.3) is 10.1 Å². The Morgan fingerprint density at radius 3 is 2.32 bits per heavy atom. The molecule has 11 heteroatoms. The van der Waals surface area contributed by atoms with E-state index in [1.807, 2.05) is 18.2 Å². The molecule has 0 aliphatic rings. The van der Waals surface area contributed by atoms with Crippen LogP contribution in [0.5, 0.6) is 5.75 Å². The van der Waals surface area contributed by atoms with Crippen LogP contribution in [0.3, 0.4) is 0 Å². The summed E-state index contributed by atoms with van der Waals surface area (Å²) in [5.41, 5.74) is 1.21. The van der Waals surface area contributed by atoms with Crippen molar-refractivity contribution in [3.05, 3.63) is 88.5 Å². The Morgan fingerprint density at radius 1 is 0.941 bits per heavy atom. The largest absolute Gasteiger partial charge is 0.501 e. The molecule has 0 atom stereocenters. The molecule has 10 nitrogen and oxygen atoms in total. The van der Waals surface area contributed by atoms with Gasteiger partial charge in [-0.2, -0.15) is 8.42 Å². The van der Waals surface area contributed by atoms with Crippen molar-refractivity contribution in [2.75, 3.05) is 5.32 Å². The lowest BCUT2D eigenvalue weighted by Crippen LogP contribution is -2.01. The van der Waals surface area contributed by atoms with Crippen molar-refractivity contribution < 1.29 is 23.0 Å². The number of anilines is 2. The zero-order chi connectivity index (χ0) is 24.5. The Kier molecular flexibility index (Phi) is 5.97. The van der Waals surface area contributed by atoms with E-state index in [1.165, 1.54) is 24.3 Å². The molecule has 0 amide bonds. The number of nitrogens with zero attached hydrogens (tertiary/aromatic N) is 3. The number of hydrogen-bond acceptors (Lipinski definition) is 8. The van der Waals surface area contributed by atoms with Gasteiger partial charge in [0.05, 0.1) is 10.6 Å². The molecule has 0 saturated carbocycles. The molecule has 4 aromatic carbocycles. The number of nitro groups is 1. The van der Waals surface area contributed by atoms with Crippen molar-refractivity contribution >= 4 is 49.3 Å². The fourth-order valence-electron chi connectivity index (χ4n) is 3.51. The fourth-order valence-corrected chi connectivity index (χ4v) is 4.23. The van der Waals surface area contributed by atoms with Gasteiger partial charge >= 0.3 is 5.69 Å². The maximum Gasteiger partial charge on any atom is 0.313 e. The number of hydrogen-bond donors (Lipinski definition) is 3. The van der Waals surface area contributed by atoms with E-state index in [-0.39, 0.29) is 21.7 Å². The predicted octanol–water partition coefficient (Wildman–Crippen LogP) is 6.17. The third-order valence-corrected chi connectivity index (χ3v) is 5.88. The topological polar surface area (TPSA) is 154 Å². The van der Waals surface area contributed by atoms with Crippen molar-refractivity contribution in [3.8, 4) is 5.75 Å². The first-order valence-electron chi connectivity index (χ1n) is 9.90. The van der Waals surface area contributed by atoms with E-state index in [9.17, 15) is 28.2 Å². The summed E-state index contributed by atoms with van der Waals surface area (Å²) in [4.78, 5) is 10.1. The van der Waals surface area contributed by atoms with Crippen LogP contribution in [-0.2, 0) is 10.1 Å². The maximum atomic E-state index is 12.1. The van der Waals surface area contributed by atoms with Crippen molar-refractivity contribution in [2.24, 2.45) is 10.2 Å². The number of phenolic OH excluding ortho intramolecular Hbond substituents is 1. The molecular formula is C23H18N4O6S. The van der Waals surface area contributed by atoms with Gasteiger partial charge in [0.2, 0.25) is 5.75 Å². The van der Waals surface area contributed by atoms with Gasteiger partial charge in [-0.05, 0) is 48.9 Å². The summed E-state index contributed by atoms with van der Waals surface area (Å²) in [6.07, 6.45) is 0. The summed E-state index contributed by atoms with van der Waals surface area (Å²) in [5.74, 6) is -0.635. The SMILES string of the molecule is Cc1cc(N=Nc2ccc(Nc3ccccc3)c3c(S(=O)(=O)O)cccc23)c(O)c([N+](=O)[O-])c1. The molecule has 0 radical (unpaired) electrons. The second-order valence-corrected chi connectivity index (χ2v) is 8.78. The molecule has 172 valence electrons. The zero-order valence-electron chi connectivity index (χ0n) is 17.7. The van der Waals surface area contributed by atoms with Gasteiger partial charge in [-0.15, -0.1) is 10.2 Å². The second kappa shape index (κ2) is 8.89. The smallest absolute Gasteiger partial charge is 0.313 e. The number of para-hydroxylation sites is 1. The number of benzene rings is 4. The molecule has 3 N–H and O–H groups in total. The predicted molar refractivity (Wildman–Crippen MR) is 127 cm³/mol. The molecule has 0 unspecified atom stereocenters. The minimum Gasteiger partial charge on any atom is -0.501 e. The quantitative estimate of drug-likeness (QED) is 0.130. The fraction of sp³-hybridized carbons (Fsp3) is 0.0435. The summed E-state index contributed by atoms with van der Waals surface area (Å²) in [6, 6.07) is 19.2. The lowest BCUT2D eigenvalue weighted by Gasteiger charge is -2.13. The van der Waals surface area contributed by atoms with Gasteiger partial charge in [0, 0.05) is 28.2 Å². The van der Waals surface area contributed by atoms with Gasteiger partial charge in [-0.3, -0.25) is 14.7 Å². The summed E-state index contributed by atoms with van der Waals surface area (Å²) >= 11 is 0. The van der Waals surface area contributed by atoms with E-state index in [1.54, 1.807) is 37.3 Å². The molecule has 0 aliphatic heterocycles. The lowest BCUT2D eigenvalue weighted by molar-refractivity contribution is -0.385. The summed E-state index contributed by atoms with van der Waals surface area (Å²) < 4.78 is 34.0. The van der Waals surface area contributed by atoms with Crippen molar-refractivity contribution in [1.29, 1.82) is 0 Å². The number of aromatic hydroxyl groups is 1. The van der Waals surface area contributed by atoms with Crippen molar-refractivity contribution in [3.63, 3.8) is 0 Å². The van der Waals surface area contributed by atoms with Gasteiger partial charge in [0.1, 0.15) is 10.6 Å². The van der Waals surface area contributed by atoms with Crippen molar-refractivity contribution in [2.45, 2.75) is 11.8 Å². The van der Waals surface area contributed by atoms with Crippen LogP contribution >= 0.6 is 0 Å². The van der Waals surface area contributed by atoms with Gasteiger partial charge in [0.15, 0.2) is 0 Å². The normalized spacial score (nSPS) is 11.7. The first-order chi connectivity index (χ1) is 16.1. The van der Waals surface area contributed by atoms with E-state index in [0.29, 0.717) is 22.3 Å². The second-order valence-electron chi connectivity index (χ2n) is 7.39.